The third-order valence-electron chi connectivity index (χ3n) is 6.79. The Balaban J connectivity index is 1.38. The van der Waals surface area contributed by atoms with Gasteiger partial charge in [0, 0.05) is 30.9 Å². The lowest BCUT2D eigenvalue weighted by atomic mass is 9.99. The van der Waals surface area contributed by atoms with E-state index in [1.807, 2.05) is 19.1 Å². The minimum absolute atomic E-state index is 0.0320. The van der Waals surface area contributed by atoms with Gasteiger partial charge in [0.2, 0.25) is 5.75 Å². The van der Waals surface area contributed by atoms with Gasteiger partial charge in [0.25, 0.3) is 0 Å². The average Bonchev–Trinajstić information content (AvgIpc) is 3.44. The van der Waals surface area contributed by atoms with Gasteiger partial charge in [-0.2, -0.15) is 0 Å². The van der Waals surface area contributed by atoms with Crippen LogP contribution in [0.4, 0.5) is 0 Å². The van der Waals surface area contributed by atoms with Gasteiger partial charge in [0.1, 0.15) is 6.61 Å². The molecule has 2 aliphatic rings. The van der Waals surface area contributed by atoms with Crippen molar-refractivity contribution in [3.63, 3.8) is 0 Å². The molecule has 0 radical (unpaired) electrons. The minimum atomic E-state index is -0.0320. The van der Waals surface area contributed by atoms with Gasteiger partial charge in [-0.15, -0.1) is 0 Å². The van der Waals surface area contributed by atoms with Crippen LogP contribution in [-0.4, -0.2) is 56.7 Å². The van der Waals surface area contributed by atoms with Crippen LogP contribution in [0, 0.1) is 12.8 Å². The highest BCUT2D eigenvalue weighted by Crippen LogP contribution is 2.49. The molecule has 174 valence electrons. The molecule has 1 saturated heterocycles. The van der Waals surface area contributed by atoms with Crippen molar-refractivity contribution in [2.45, 2.75) is 26.2 Å². The van der Waals surface area contributed by atoms with Crippen molar-refractivity contribution in [3.8, 4) is 11.5 Å². The maximum absolute atomic E-state index is 12.7. The number of rotatable bonds is 9. The summed E-state index contributed by atoms with van der Waals surface area (Å²) in [5, 5.41) is 0.895. The first-order chi connectivity index (χ1) is 16.1. The fourth-order valence-corrected chi connectivity index (χ4v) is 4.83. The van der Waals surface area contributed by atoms with Crippen molar-refractivity contribution >= 4 is 16.8 Å². The summed E-state index contributed by atoms with van der Waals surface area (Å²) in [6.07, 6.45) is 2.75. The van der Waals surface area contributed by atoms with E-state index < -0.39 is 0 Å². The molecule has 1 aliphatic heterocycles. The minimum Gasteiger partial charge on any atom is -0.487 e. The summed E-state index contributed by atoms with van der Waals surface area (Å²) in [6, 6.07) is 12.5. The topological polar surface area (TPSA) is 61.1 Å². The Morgan fingerprint density at radius 1 is 1.09 bits per heavy atom. The summed E-state index contributed by atoms with van der Waals surface area (Å²) in [7, 11) is 0. The van der Waals surface area contributed by atoms with E-state index in [1.54, 1.807) is 13.2 Å². The van der Waals surface area contributed by atoms with E-state index in [1.165, 1.54) is 5.56 Å². The van der Waals surface area contributed by atoms with Crippen LogP contribution < -0.4 is 9.47 Å². The molecule has 33 heavy (non-hydrogen) atoms. The van der Waals surface area contributed by atoms with Gasteiger partial charge in [-0.1, -0.05) is 30.3 Å². The molecule has 6 nitrogen and oxygen atoms in total. The fourth-order valence-electron chi connectivity index (χ4n) is 4.83. The van der Waals surface area contributed by atoms with Gasteiger partial charge < -0.3 is 18.6 Å². The highest BCUT2D eigenvalue weighted by atomic mass is 16.5. The molecule has 0 amide bonds. The van der Waals surface area contributed by atoms with Crippen LogP contribution in [0.1, 0.15) is 40.7 Å². The number of hydrogen-bond acceptors (Lipinski definition) is 6. The van der Waals surface area contributed by atoms with Gasteiger partial charge in [0.15, 0.2) is 17.1 Å². The molecule has 2 atom stereocenters. The maximum Gasteiger partial charge on any atom is 0.205 e. The Morgan fingerprint density at radius 3 is 2.64 bits per heavy atom. The van der Waals surface area contributed by atoms with Crippen molar-refractivity contribution in [2.24, 2.45) is 5.92 Å². The first kappa shape index (κ1) is 22.0. The second-order valence-corrected chi connectivity index (χ2v) is 9.00. The van der Waals surface area contributed by atoms with Crippen LogP contribution in [0.3, 0.4) is 0 Å². The van der Waals surface area contributed by atoms with Gasteiger partial charge in [-0.05, 0) is 43.4 Å². The van der Waals surface area contributed by atoms with Crippen LogP contribution in [0.25, 0.3) is 11.0 Å². The highest BCUT2D eigenvalue weighted by Gasteiger charge is 2.39. The number of benzene rings is 2. The van der Waals surface area contributed by atoms with Crippen molar-refractivity contribution in [1.82, 2.24) is 4.90 Å². The third kappa shape index (κ3) is 4.63. The Hall–Kier alpha value is -2.83. The number of hydrogen-bond donors (Lipinski definition) is 0. The molecule has 2 aromatic carbocycles. The molecule has 5 rings (SSSR count). The first-order valence-electron chi connectivity index (χ1n) is 11.8. The molecule has 1 aliphatic carbocycles. The zero-order valence-corrected chi connectivity index (χ0v) is 19.3. The zero-order chi connectivity index (χ0) is 22.8. The van der Waals surface area contributed by atoms with Gasteiger partial charge >= 0.3 is 0 Å². The fraction of sp³-hybridized carbons (Fsp3) is 0.444. The standard InChI is InChI=1S/C27H31NO5/c1-18-22-8-12-31-25(22)27(33-17-21-16-23(21)20-6-4-3-5-7-20)26(24(18)19(2)29)32-15-11-28-9-13-30-14-10-28/h3-8,12,21,23H,9-11,13-17H2,1-2H3/t21-,23-/m1/s1. The molecular formula is C27H31NO5. The molecule has 1 saturated carbocycles. The van der Waals surface area contributed by atoms with E-state index in [4.69, 9.17) is 18.6 Å². The molecule has 1 aromatic heterocycles. The molecule has 0 N–H and O–H groups in total. The Morgan fingerprint density at radius 2 is 1.88 bits per heavy atom. The second kappa shape index (κ2) is 9.57. The lowest BCUT2D eigenvalue weighted by molar-refractivity contribution is 0.0320. The summed E-state index contributed by atoms with van der Waals surface area (Å²) in [6.45, 7) is 8.61. The summed E-state index contributed by atoms with van der Waals surface area (Å²) >= 11 is 0. The zero-order valence-electron chi connectivity index (χ0n) is 19.3. The quantitative estimate of drug-likeness (QED) is 0.436. The molecule has 6 heteroatoms. The van der Waals surface area contributed by atoms with Gasteiger partial charge in [-0.3, -0.25) is 9.69 Å². The van der Waals surface area contributed by atoms with E-state index in [0.29, 0.717) is 47.7 Å². The van der Waals surface area contributed by atoms with Crippen LogP contribution in [0.15, 0.2) is 47.1 Å². The van der Waals surface area contributed by atoms with Crippen LogP contribution in [-0.2, 0) is 4.74 Å². The van der Waals surface area contributed by atoms with Crippen molar-refractivity contribution in [2.75, 3.05) is 46.1 Å². The number of nitrogens with zero attached hydrogens (tertiary/aromatic N) is 1. The van der Waals surface area contributed by atoms with Crippen molar-refractivity contribution < 1.29 is 23.4 Å². The van der Waals surface area contributed by atoms with Crippen LogP contribution in [0.2, 0.25) is 0 Å². The monoisotopic (exact) mass is 449 g/mol. The van der Waals surface area contributed by atoms with Gasteiger partial charge in [-0.25, -0.2) is 0 Å². The van der Waals surface area contributed by atoms with E-state index >= 15 is 0 Å². The molecule has 0 bridgehead atoms. The normalized spacial score (nSPS) is 20.7. The predicted octanol–water partition coefficient (Wildman–Crippen LogP) is 4.84. The lowest BCUT2D eigenvalue weighted by Crippen LogP contribution is -2.38. The van der Waals surface area contributed by atoms with E-state index in [2.05, 4.69) is 29.2 Å². The van der Waals surface area contributed by atoms with E-state index in [-0.39, 0.29) is 5.78 Å². The SMILES string of the molecule is CC(=O)c1c(OCCN2CCOCC2)c(OC[C@H]2C[C@@H]2c2ccccc2)c2occc2c1C. The first-order valence-corrected chi connectivity index (χ1v) is 11.8. The molecule has 0 unspecified atom stereocenters. The lowest BCUT2D eigenvalue weighted by Gasteiger charge is -2.27. The summed E-state index contributed by atoms with van der Waals surface area (Å²) in [4.78, 5) is 15.0. The number of carbonyl (C=O) groups excluding carboxylic acids is 1. The predicted molar refractivity (Wildman–Crippen MR) is 126 cm³/mol. The number of furan rings is 1. The van der Waals surface area contributed by atoms with Crippen molar-refractivity contribution in [3.05, 3.63) is 59.4 Å². The average molecular weight is 450 g/mol. The van der Waals surface area contributed by atoms with Crippen molar-refractivity contribution in [1.29, 1.82) is 0 Å². The highest BCUT2D eigenvalue weighted by molar-refractivity contribution is 6.05. The molecule has 0 spiro atoms. The Bertz CT molecular complexity index is 1120. The molecule has 2 fully saturated rings. The molecular weight excluding hydrogens is 418 g/mol. The van der Waals surface area contributed by atoms with E-state index in [9.17, 15) is 4.79 Å². The summed E-state index contributed by atoms with van der Waals surface area (Å²) in [5.41, 5.74) is 3.45. The number of morpholine rings is 1. The number of ether oxygens (including phenoxy) is 3. The summed E-state index contributed by atoms with van der Waals surface area (Å²) in [5.74, 6) is 1.98. The number of carbonyl (C=O) groups is 1. The third-order valence-corrected chi connectivity index (χ3v) is 6.79. The smallest absolute Gasteiger partial charge is 0.205 e. The number of aryl methyl sites for hydroxylation is 1. The maximum atomic E-state index is 12.7. The number of fused-ring (bicyclic) bond motifs is 1. The van der Waals surface area contributed by atoms with E-state index in [0.717, 1.165) is 50.2 Å². The second-order valence-electron chi connectivity index (χ2n) is 9.00. The Labute approximate surface area is 194 Å². The van der Waals surface area contributed by atoms with Gasteiger partial charge in [0.05, 0.1) is 31.6 Å². The largest absolute Gasteiger partial charge is 0.487 e. The number of ketones is 1. The molecule has 3 aromatic rings. The number of Topliss-reactive ketones (excluding diaryl/α,β-unsaturated/α-hetero) is 1. The van der Waals surface area contributed by atoms with Crippen LogP contribution in [0.5, 0.6) is 11.5 Å². The summed E-state index contributed by atoms with van der Waals surface area (Å²) < 4.78 is 23.9. The Kier molecular flexibility index (Phi) is 6.38. The molecule has 2 heterocycles. The van der Waals surface area contributed by atoms with Crippen LogP contribution >= 0.6 is 0 Å².